The molecule has 0 aliphatic rings. The van der Waals surface area contributed by atoms with E-state index in [2.05, 4.69) is 20.8 Å². The number of aryl methyl sites for hydroxylation is 1. The summed E-state index contributed by atoms with van der Waals surface area (Å²) in [7, 11) is 1.59. The number of aromatic nitrogens is 4. The van der Waals surface area contributed by atoms with Crippen molar-refractivity contribution >= 4 is 17.5 Å². The van der Waals surface area contributed by atoms with E-state index >= 15 is 0 Å². The molecule has 0 aliphatic carbocycles. The fourth-order valence-corrected chi connectivity index (χ4v) is 2.49. The highest BCUT2D eigenvalue weighted by atomic mass is 16.2. The first kappa shape index (κ1) is 17.3. The van der Waals surface area contributed by atoms with Crippen LogP contribution in [0.1, 0.15) is 11.1 Å². The minimum absolute atomic E-state index is 0.358. The van der Waals surface area contributed by atoms with Gasteiger partial charge in [0.15, 0.2) is 0 Å². The second-order valence-electron chi connectivity index (χ2n) is 5.86. The molecule has 2 aromatic carbocycles. The summed E-state index contributed by atoms with van der Waals surface area (Å²) >= 11 is 0. The first-order valence-corrected chi connectivity index (χ1v) is 7.99. The van der Waals surface area contributed by atoms with Crippen molar-refractivity contribution < 1.29 is 9.59 Å². The largest absolute Gasteiger partial charge is 0.333 e. The highest BCUT2D eigenvalue weighted by Crippen LogP contribution is 2.18. The number of nitrogens with zero attached hydrogens (tertiary/aromatic N) is 5. The summed E-state index contributed by atoms with van der Waals surface area (Å²) in [4.78, 5) is 26.0. The third-order valence-electron chi connectivity index (χ3n) is 3.87. The van der Waals surface area contributed by atoms with Crippen LogP contribution in [0.25, 0.3) is 5.69 Å². The summed E-state index contributed by atoms with van der Waals surface area (Å²) < 4.78 is 1.49. The number of nitrogens with one attached hydrogen (secondary N) is 1. The highest BCUT2D eigenvalue weighted by Gasteiger charge is 2.19. The summed E-state index contributed by atoms with van der Waals surface area (Å²) in [5.74, 6) is -1.31. The van der Waals surface area contributed by atoms with Gasteiger partial charge in [-0.05, 0) is 40.6 Å². The average molecular weight is 350 g/mol. The molecule has 0 spiro atoms. The topological polar surface area (TPSA) is 93.0 Å². The van der Waals surface area contributed by atoms with Gasteiger partial charge in [0.1, 0.15) is 6.33 Å². The Morgan fingerprint density at radius 2 is 1.92 bits per heavy atom. The van der Waals surface area contributed by atoms with E-state index in [1.165, 1.54) is 15.9 Å². The Labute approximate surface area is 150 Å². The maximum atomic E-state index is 12.3. The van der Waals surface area contributed by atoms with Crippen molar-refractivity contribution in [1.29, 1.82) is 0 Å². The Morgan fingerprint density at radius 1 is 1.15 bits per heavy atom. The van der Waals surface area contributed by atoms with Crippen molar-refractivity contribution in [3.63, 3.8) is 0 Å². The smallest absolute Gasteiger partial charge is 0.313 e. The van der Waals surface area contributed by atoms with E-state index in [1.54, 1.807) is 19.2 Å². The van der Waals surface area contributed by atoms with Crippen LogP contribution < -0.4 is 5.32 Å². The molecule has 2 amide bonds. The lowest BCUT2D eigenvalue weighted by atomic mass is 10.2. The lowest BCUT2D eigenvalue weighted by molar-refractivity contribution is -0.142. The zero-order valence-corrected chi connectivity index (χ0v) is 14.5. The van der Waals surface area contributed by atoms with Gasteiger partial charge < -0.3 is 10.2 Å². The Kier molecular flexibility index (Phi) is 5.02. The molecule has 8 heteroatoms. The van der Waals surface area contributed by atoms with Crippen LogP contribution >= 0.6 is 0 Å². The molecular weight excluding hydrogens is 332 g/mol. The maximum Gasteiger partial charge on any atom is 0.313 e. The van der Waals surface area contributed by atoms with Crippen LogP contribution in [0.15, 0.2) is 54.9 Å². The quantitative estimate of drug-likeness (QED) is 0.721. The zero-order valence-electron chi connectivity index (χ0n) is 14.5. The van der Waals surface area contributed by atoms with E-state index in [9.17, 15) is 9.59 Å². The number of tetrazole rings is 1. The average Bonchev–Trinajstić information content (AvgIpc) is 3.18. The molecule has 1 N–H and O–H groups in total. The summed E-state index contributed by atoms with van der Waals surface area (Å²) in [5, 5.41) is 13.7. The van der Waals surface area contributed by atoms with Gasteiger partial charge in [-0.15, -0.1) is 5.10 Å². The molecule has 0 unspecified atom stereocenters. The highest BCUT2D eigenvalue weighted by molar-refractivity contribution is 6.39. The van der Waals surface area contributed by atoms with Crippen molar-refractivity contribution in [2.24, 2.45) is 0 Å². The minimum atomic E-state index is -0.699. The number of benzene rings is 2. The van der Waals surface area contributed by atoms with Crippen LogP contribution in [-0.2, 0) is 16.1 Å². The first-order valence-electron chi connectivity index (χ1n) is 7.99. The summed E-state index contributed by atoms with van der Waals surface area (Å²) in [6.45, 7) is 2.26. The predicted octanol–water partition coefficient (Wildman–Crippen LogP) is 1.57. The van der Waals surface area contributed by atoms with E-state index in [1.807, 2.05) is 43.3 Å². The Balaban J connectivity index is 1.69. The van der Waals surface area contributed by atoms with Crippen LogP contribution in [0.5, 0.6) is 0 Å². The molecular formula is C18H18N6O2. The van der Waals surface area contributed by atoms with Crippen LogP contribution in [0, 0.1) is 6.92 Å². The molecule has 1 aromatic heterocycles. The first-order chi connectivity index (χ1) is 12.5. The summed E-state index contributed by atoms with van der Waals surface area (Å²) in [6, 6.07) is 14.8. The lowest BCUT2D eigenvalue weighted by Crippen LogP contribution is -2.36. The van der Waals surface area contributed by atoms with Gasteiger partial charge in [0.05, 0.1) is 5.69 Å². The molecule has 0 saturated heterocycles. The maximum absolute atomic E-state index is 12.3. The van der Waals surface area contributed by atoms with Crippen LogP contribution in [0.3, 0.4) is 0 Å². The molecule has 8 nitrogen and oxygen atoms in total. The van der Waals surface area contributed by atoms with Gasteiger partial charge in [0.2, 0.25) is 0 Å². The summed E-state index contributed by atoms with van der Waals surface area (Å²) in [5.41, 5.74) is 3.10. The zero-order chi connectivity index (χ0) is 18.5. The number of rotatable bonds is 4. The Morgan fingerprint density at radius 3 is 2.62 bits per heavy atom. The third kappa shape index (κ3) is 3.92. The van der Waals surface area contributed by atoms with Crippen molar-refractivity contribution in [2.75, 3.05) is 12.4 Å². The second kappa shape index (κ2) is 7.56. The standard InChI is InChI=1S/C18H18N6O2/c1-13-8-9-15(10-16(13)24-12-19-21-22-24)20-17(25)18(26)23(2)11-14-6-4-3-5-7-14/h3-10,12H,11H2,1-2H3,(H,20,25). The van der Waals surface area contributed by atoms with Gasteiger partial charge in [-0.2, -0.15) is 0 Å². The fourth-order valence-electron chi connectivity index (χ4n) is 2.49. The number of carbonyl (C=O) groups excluding carboxylic acids is 2. The molecule has 26 heavy (non-hydrogen) atoms. The number of hydrogen-bond donors (Lipinski definition) is 1. The van der Waals surface area contributed by atoms with E-state index in [0.717, 1.165) is 16.8 Å². The second-order valence-corrected chi connectivity index (χ2v) is 5.86. The molecule has 0 radical (unpaired) electrons. The number of anilines is 1. The van der Waals surface area contributed by atoms with E-state index in [-0.39, 0.29) is 0 Å². The van der Waals surface area contributed by atoms with Crippen molar-refractivity contribution in [2.45, 2.75) is 13.5 Å². The van der Waals surface area contributed by atoms with Crippen molar-refractivity contribution in [3.8, 4) is 5.69 Å². The SMILES string of the molecule is Cc1ccc(NC(=O)C(=O)N(C)Cc2ccccc2)cc1-n1cnnn1. The molecule has 0 saturated carbocycles. The number of hydrogen-bond acceptors (Lipinski definition) is 5. The summed E-state index contributed by atoms with van der Waals surface area (Å²) in [6.07, 6.45) is 1.47. The number of carbonyl (C=O) groups is 2. The normalized spacial score (nSPS) is 10.4. The van der Waals surface area contributed by atoms with E-state index in [0.29, 0.717) is 12.2 Å². The van der Waals surface area contributed by atoms with Gasteiger partial charge >= 0.3 is 11.8 Å². The molecule has 132 valence electrons. The monoisotopic (exact) mass is 350 g/mol. The van der Waals surface area contributed by atoms with Gasteiger partial charge in [0, 0.05) is 19.3 Å². The minimum Gasteiger partial charge on any atom is -0.333 e. The molecule has 0 fully saturated rings. The number of amides is 2. The fraction of sp³-hybridized carbons (Fsp3) is 0.167. The van der Waals surface area contributed by atoms with Crippen molar-refractivity contribution in [3.05, 3.63) is 66.0 Å². The van der Waals surface area contributed by atoms with Crippen LogP contribution in [0.2, 0.25) is 0 Å². The predicted molar refractivity (Wildman–Crippen MR) is 95.4 cm³/mol. The molecule has 3 rings (SSSR count). The van der Waals surface area contributed by atoms with E-state index in [4.69, 9.17) is 0 Å². The molecule has 3 aromatic rings. The van der Waals surface area contributed by atoms with Gasteiger partial charge in [-0.1, -0.05) is 36.4 Å². The molecule has 0 bridgehead atoms. The third-order valence-corrected chi connectivity index (χ3v) is 3.87. The van der Waals surface area contributed by atoms with Gasteiger partial charge in [0.25, 0.3) is 0 Å². The van der Waals surface area contributed by atoms with E-state index < -0.39 is 11.8 Å². The molecule has 0 aliphatic heterocycles. The van der Waals surface area contributed by atoms with Crippen LogP contribution in [0.4, 0.5) is 5.69 Å². The van der Waals surface area contributed by atoms with Crippen molar-refractivity contribution in [1.82, 2.24) is 25.1 Å². The molecule has 0 atom stereocenters. The number of likely N-dealkylation sites (N-methyl/N-ethyl adjacent to an activating group) is 1. The Hall–Kier alpha value is -3.55. The van der Waals surface area contributed by atoms with Gasteiger partial charge in [-0.3, -0.25) is 9.59 Å². The molecule has 1 heterocycles. The van der Waals surface area contributed by atoms with Crippen LogP contribution in [-0.4, -0.2) is 44.0 Å². The Bertz CT molecular complexity index is 909. The van der Waals surface area contributed by atoms with Gasteiger partial charge in [-0.25, -0.2) is 4.68 Å². The lowest BCUT2D eigenvalue weighted by Gasteiger charge is -2.17.